The number of hydrogen-bond acceptors (Lipinski definition) is 2. The van der Waals surface area contributed by atoms with Crippen molar-refractivity contribution in [3.8, 4) is 0 Å². The Labute approximate surface area is 101 Å². The maximum atomic E-state index is 11.2. The number of nitrogens with zero attached hydrogens (tertiary/aromatic N) is 2. The number of aromatic nitrogens is 2. The van der Waals surface area contributed by atoms with Gasteiger partial charge >= 0.3 is 5.97 Å². The number of rotatable bonds is 1. The fourth-order valence-corrected chi connectivity index (χ4v) is 2.41. The van der Waals surface area contributed by atoms with E-state index in [1.165, 1.54) is 0 Å². The molecular weight excluding hydrogens is 272 g/mol. The third kappa shape index (κ3) is 1.43. The summed E-state index contributed by atoms with van der Waals surface area (Å²) in [6, 6.07) is 1.95. The zero-order chi connectivity index (χ0) is 12.0. The number of imidazole rings is 1. The van der Waals surface area contributed by atoms with Crippen LogP contribution in [0.4, 0.5) is 0 Å². The Kier molecular flexibility index (Phi) is 2.50. The van der Waals surface area contributed by atoms with E-state index in [4.69, 9.17) is 0 Å². The third-order valence-corrected chi connectivity index (χ3v) is 3.30. The molecule has 0 unspecified atom stereocenters. The van der Waals surface area contributed by atoms with Crippen LogP contribution in [0.25, 0.3) is 5.65 Å². The first-order chi connectivity index (χ1) is 7.43. The van der Waals surface area contributed by atoms with Crippen LogP contribution in [0.1, 0.15) is 27.4 Å². The van der Waals surface area contributed by atoms with Gasteiger partial charge in [-0.3, -0.25) is 4.40 Å². The molecule has 1 N–H and O–H groups in total. The Morgan fingerprint density at radius 1 is 1.44 bits per heavy atom. The van der Waals surface area contributed by atoms with E-state index < -0.39 is 5.97 Å². The van der Waals surface area contributed by atoms with E-state index in [0.29, 0.717) is 11.3 Å². The van der Waals surface area contributed by atoms with Gasteiger partial charge in [0.05, 0.1) is 10.2 Å². The van der Waals surface area contributed by atoms with Crippen LogP contribution in [0, 0.1) is 20.8 Å². The predicted molar refractivity (Wildman–Crippen MR) is 64.1 cm³/mol. The molecule has 84 valence electrons. The van der Waals surface area contributed by atoms with Crippen molar-refractivity contribution in [2.24, 2.45) is 0 Å². The Balaban J connectivity index is 3.02. The molecule has 16 heavy (non-hydrogen) atoms. The van der Waals surface area contributed by atoms with Crippen LogP contribution in [-0.2, 0) is 0 Å². The normalized spacial score (nSPS) is 11.0. The highest BCUT2D eigenvalue weighted by molar-refractivity contribution is 9.10. The van der Waals surface area contributed by atoms with Crippen LogP contribution in [0.3, 0.4) is 0 Å². The Morgan fingerprint density at radius 2 is 2.06 bits per heavy atom. The Bertz CT molecular complexity index is 602. The summed E-state index contributed by atoms with van der Waals surface area (Å²) < 4.78 is 2.49. The number of halogens is 1. The molecule has 2 heterocycles. The number of hydrogen-bond donors (Lipinski definition) is 1. The quantitative estimate of drug-likeness (QED) is 0.875. The monoisotopic (exact) mass is 282 g/mol. The second-order valence-electron chi connectivity index (χ2n) is 3.77. The predicted octanol–water partition coefficient (Wildman–Crippen LogP) is 2.72. The van der Waals surface area contributed by atoms with Gasteiger partial charge in [-0.25, -0.2) is 9.78 Å². The summed E-state index contributed by atoms with van der Waals surface area (Å²) in [5.41, 5.74) is 3.34. The molecule has 0 saturated carbocycles. The van der Waals surface area contributed by atoms with E-state index in [1.807, 2.05) is 19.9 Å². The molecule has 4 nitrogen and oxygen atoms in total. The highest BCUT2D eigenvalue weighted by Gasteiger charge is 2.19. The van der Waals surface area contributed by atoms with Gasteiger partial charge in [-0.15, -0.1) is 0 Å². The van der Waals surface area contributed by atoms with Crippen LogP contribution < -0.4 is 0 Å². The Morgan fingerprint density at radius 3 is 2.62 bits per heavy atom. The van der Waals surface area contributed by atoms with Crippen LogP contribution in [0.15, 0.2) is 10.5 Å². The summed E-state index contributed by atoms with van der Waals surface area (Å²) in [6.07, 6.45) is 0. The average Bonchev–Trinajstić information content (AvgIpc) is 2.53. The van der Waals surface area contributed by atoms with E-state index in [1.54, 1.807) is 11.3 Å². The minimum Gasteiger partial charge on any atom is -0.477 e. The zero-order valence-corrected chi connectivity index (χ0v) is 10.8. The molecule has 2 aromatic heterocycles. The largest absolute Gasteiger partial charge is 0.477 e. The topological polar surface area (TPSA) is 54.6 Å². The molecule has 0 spiro atoms. The zero-order valence-electron chi connectivity index (χ0n) is 9.21. The van der Waals surface area contributed by atoms with Crippen LogP contribution in [0.5, 0.6) is 0 Å². The van der Waals surface area contributed by atoms with Crippen molar-refractivity contribution in [1.29, 1.82) is 0 Å². The maximum Gasteiger partial charge on any atom is 0.354 e. The minimum atomic E-state index is -0.953. The Hall–Kier alpha value is -1.36. The van der Waals surface area contributed by atoms with Gasteiger partial charge in [-0.1, -0.05) is 0 Å². The minimum absolute atomic E-state index is 0.233. The van der Waals surface area contributed by atoms with E-state index in [2.05, 4.69) is 20.9 Å². The number of aryl methyl sites for hydroxylation is 3. The van der Waals surface area contributed by atoms with Crippen LogP contribution in [-0.4, -0.2) is 20.5 Å². The van der Waals surface area contributed by atoms with E-state index in [9.17, 15) is 9.90 Å². The summed E-state index contributed by atoms with van der Waals surface area (Å²) >= 11 is 3.40. The van der Waals surface area contributed by atoms with Crippen molar-refractivity contribution in [3.05, 3.63) is 33.2 Å². The lowest BCUT2D eigenvalue weighted by Gasteiger charge is -2.07. The fourth-order valence-electron chi connectivity index (χ4n) is 1.80. The molecule has 0 saturated heterocycles. The first-order valence-electron chi connectivity index (χ1n) is 4.81. The van der Waals surface area contributed by atoms with Crippen molar-refractivity contribution < 1.29 is 9.90 Å². The van der Waals surface area contributed by atoms with Gasteiger partial charge in [-0.2, -0.15) is 0 Å². The summed E-state index contributed by atoms with van der Waals surface area (Å²) in [5, 5.41) is 9.18. The highest BCUT2D eigenvalue weighted by Crippen LogP contribution is 2.25. The molecule has 0 aromatic carbocycles. The number of carboxylic acid groups (broad SMARTS) is 1. The van der Waals surface area contributed by atoms with Gasteiger partial charge in [0.1, 0.15) is 0 Å². The molecule has 0 atom stereocenters. The van der Waals surface area contributed by atoms with Gasteiger partial charge in [0.25, 0.3) is 0 Å². The molecule has 0 amide bonds. The first-order valence-corrected chi connectivity index (χ1v) is 5.61. The molecule has 2 aromatic rings. The lowest BCUT2D eigenvalue weighted by atomic mass is 10.2. The lowest BCUT2D eigenvalue weighted by Crippen LogP contribution is -2.07. The van der Waals surface area contributed by atoms with Crippen LogP contribution >= 0.6 is 15.9 Å². The number of pyridine rings is 1. The lowest BCUT2D eigenvalue weighted by molar-refractivity contribution is 0.0688. The van der Waals surface area contributed by atoms with Gasteiger partial charge < -0.3 is 5.11 Å². The molecular formula is C11H11BrN2O2. The summed E-state index contributed by atoms with van der Waals surface area (Å²) in [7, 11) is 0. The fraction of sp³-hybridized carbons (Fsp3) is 0.273. The standard InChI is InChI=1S/C11H11BrN2O2/c1-5-4-8(12)10-13-6(2)9(11(15)16)14(10)7(5)3/h4H,1-3H3,(H,15,16). The van der Waals surface area contributed by atoms with Crippen molar-refractivity contribution in [1.82, 2.24) is 9.38 Å². The van der Waals surface area contributed by atoms with Crippen molar-refractivity contribution in [3.63, 3.8) is 0 Å². The summed E-state index contributed by atoms with van der Waals surface area (Å²) in [4.78, 5) is 15.5. The average molecular weight is 283 g/mol. The van der Waals surface area contributed by atoms with Crippen LogP contribution in [0.2, 0.25) is 0 Å². The molecule has 0 aliphatic rings. The molecule has 2 rings (SSSR count). The molecule has 0 radical (unpaired) electrons. The smallest absolute Gasteiger partial charge is 0.354 e. The van der Waals surface area contributed by atoms with Gasteiger partial charge in [-0.05, 0) is 48.3 Å². The molecule has 0 bridgehead atoms. The molecule has 0 aliphatic carbocycles. The van der Waals surface area contributed by atoms with Gasteiger partial charge in [0.2, 0.25) is 0 Å². The van der Waals surface area contributed by atoms with Gasteiger partial charge in [0, 0.05) is 5.69 Å². The van der Waals surface area contributed by atoms with Crippen molar-refractivity contribution >= 4 is 27.5 Å². The van der Waals surface area contributed by atoms with Crippen molar-refractivity contribution in [2.45, 2.75) is 20.8 Å². The molecule has 0 fully saturated rings. The van der Waals surface area contributed by atoms with E-state index >= 15 is 0 Å². The molecule has 5 heteroatoms. The second kappa shape index (κ2) is 3.59. The number of carbonyl (C=O) groups is 1. The number of carboxylic acids is 1. The summed E-state index contributed by atoms with van der Waals surface area (Å²) in [5.74, 6) is -0.953. The highest BCUT2D eigenvalue weighted by atomic mass is 79.9. The van der Waals surface area contributed by atoms with Crippen molar-refractivity contribution in [2.75, 3.05) is 0 Å². The van der Waals surface area contributed by atoms with Gasteiger partial charge in [0.15, 0.2) is 11.3 Å². The molecule has 0 aliphatic heterocycles. The second-order valence-corrected chi connectivity index (χ2v) is 4.63. The number of fused-ring (bicyclic) bond motifs is 1. The SMILES string of the molecule is Cc1cc(Br)c2nc(C)c(C(=O)O)n2c1C. The number of aromatic carboxylic acids is 1. The van der Waals surface area contributed by atoms with E-state index in [0.717, 1.165) is 15.7 Å². The summed E-state index contributed by atoms with van der Waals surface area (Å²) in [6.45, 7) is 5.54. The first kappa shape index (κ1) is 11.1. The third-order valence-electron chi connectivity index (χ3n) is 2.72. The van der Waals surface area contributed by atoms with E-state index in [-0.39, 0.29) is 5.69 Å². The maximum absolute atomic E-state index is 11.2.